The van der Waals surface area contributed by atoms with Crippen molar-refractivity contribution in [2.45, 2.75) is 25.3 Å². The van der Waals surface area contributed by atoms with Gasteiger partial charge in [-0.3, -0.25) is 0 Å². The first kappa shape index (κ1) is 12.3. The molecule has 0 aliphatic carbocycles. The zero-order valence-corrected chi connectivity index (χ0v) is 8.86. The van der Waals surface area contributed by atoms with Gasteiger partial charge in [0.25, 0.3) is 6.43 Å². The molecule has 5 heteroatoms. The lowest BCUT2D eigenvalue weighted by Crippen LogP contribution is -2.46. The molecule has 2 N–H and O–H groups in total. The third-order valence-corrected chi connectivity index (χ3v) is 2.32. The fourth-order valence-corrected chi connectivity index (χ4v) is 1.31. The summed E-state index contributed by atoms with van der Waals surface area (Å²) in [7, 11) is 0. The Morgan fingerprint density at radius 2 is 2.07 bits per heavy atom. The van der Waals surface area contributed by atoms with Gasteiger partial charge in [-0.05, 0) is 31.0 Å². The SMILES string of the molecule is CC(N)(Cc1ccc(Cl)cc1F)C(F)F. The molecule has 1 aromatic rings. The number of halogens is 4. The van der Waals surface area contributed by atoms with E-state index in [4.69, 9.17) is 17.3 Å². The van der Waals surface area contributed by atoms with Crippen molar-refractivity contribution in [1.82, 2.24) is 0 Å². The Hall–Kier alpha value is -0.740. The van der Waals surface area contributed by atoms with Gasteiger partial charge in [0.1, 0.15) is 5.82 Å². The highest BCUT2D eigenvalue weighted by Gasteiger charge is 2.31. The first-order chi connectivity index (χ1) is 6.83. The smallest absolute Gasteiger partial charge is 0.256 e. The van der Waals surface area contributed by atoms with Crippen molar-refractivity contribution in [3.05, 3.63) is 34.6 Å². The van der Waals surface area contributed by atoms with Gasteiger partial charge in [0.05, 0.1) is 5.54 Å². The molecule has 0 amide bonds. The van der Waals surface area contributed by atoms with Crippen LogP contribution in [0.15, 0.2) is 18.2 Å². The summed E-state index contributed by atoms with van der Waals surface area (Å²) in [5.41, 5.74) is 3.76. The fourth-order valence-electron chi connectivity index (χ4n) is 1.15. The van der Waals surface area contributed by atoms with E-state index in [0.29, 0.717) is 0 Å². The molecular weight excluding hydrogens is 227 g/mol. The van der Waals surface area contributed by atoms with Crippen LogP contribution in [0.25, 0.3) is 0 Å². The fraction of sp³-hybridized carbons (Fsp3) is 0.400. The van der Waals surface area contributed by atoms with Crippen molar-refractivity contribution in [1.29, 1.82) is 0 Å². The molecule has 1 nitrogen and oxygen atoms in total. The lowest BCUT2D eigenvalue weighted by Gasteiger charge is -2.23. The van der Waals surface area contributed by atoms with Crippen LogP contribution >= 0.6 is 11.6 Å². The van der Waals surface area contributed by atoms with E-state index in [9.17, 15) is 13.2 Å². The number of benzene rings is 1. The quantitative estimate of drug-likeness (QED) is 0.859. The van der Waals surface area contributed by atoms with Crippen LogP contribution < -0.4 is 5.73 Å². The summed E-state index contributed by atoms with van der Waals surface area (Å²) < 4.78 is 38.1. The molecular formula is C10H11ClF3N. The maximum absolute atomic E-state index is 13.3. The number of hydrogen-bond acceptors (Lipinski definition) is 1. The molecule has 1 atom stereocenters. The van der Waals surface area contributed by atoms with Crippen LogP contribution in [0.1, 0.15) is 12.5 Å². The monoisotopic (exact) mass is 237 g/mol. The van der Waals surface area contributed by atoms with Gasteiger partial charge >= 0.3 is 0 Å². The van der Waals surface area contributed by atoms with E-state index in [1.54, 1.807) is 0 Å². The summed E-state index contributed by atoms with van der Waals surface area (Å²) in [6.45, 7) is 1.19. The summed E-state index contributed by atoms with van der Waals surface area (Å²) in [6, 6.07) is 3.89. The van der Waals surface area contributed by atoms with Crippen molar-refractivity contribution in [2.75, 3.05) is 0 Å². The van der Waals surface area contributed by atoms with Gasteiger partial charge in [-0.2, -0.15) is 0 Å². The first-order valence-corrected chi connectivity index (χ1v) is 4.71. The highest BCUT2D eigenvalue weighted by molar-refractivity contribution is 6.30. The highest BCUT2D eigenvalue weighted by atomic mass is 35.5. The van der Waals surface area contributed by atoms with E-state index in [0.717, 1.165) is 6.07 Å². The van der Waals surface area contributed by atoms with Gasteiger partial charge in [0.15, 0.2) is 0 Å². The second-order valence-electron chi connectivity index (χ2n) is 3.72. The van der Waals surface area contributed by atoms with Crippen LogP contribution in [-0.4, -0.2) is 12.0 Å². The molecule has 0 fully saturated rings. The molecule has 0 saturated carbocycles. The molecule has 0 spiro atoms. The summed E-state index contributed by atoms with van der Waals surface area (Å²) in [6.07, 6.45) is -2.93. The van der Waals surface area contributed by atoms with Crippen LogP contribution in [0.3, 0.4) is 0 Å². The summed E-state index contributed by atoms with van der Waals surface area (Å²) in [5, 5.41) is 0.229. The second kappa shape index (κ2) is 4.41. The molecule has 84 valence electrons. The summed E-state index contributed by atoms with van der Waals surface area (Å²) in [4.78, 5) is 0. The predicted octanol–water partition coefficient (Wildman–Crippen LogP) is 3.00. The Kier molecular flexibility index (Phi) is 3.62. The second-order valence-corrected chi connectivity index (χ2v) is 4.16. The minimum atomic E-state index is -2.70. The lowest BCUT2D eigenvalue weighted by atomic mass is 9.94. The van der Waals surface area contributed by atoms with Crippen molar-refractivity contribution in [3.8, 4) is 0 Å². The highest BCUT2D eigenvalue weighted by Crippen LogP contribution is 2.22. The van der Waals surface area contributed by atoms with Gasteiger partial charge in [-0.15, -0.1) is 0 Å². The van der Waals surface area contributed by atoms with Crippen LogP contribution in [0.2, 0.25) is 5.02 Å². The maximum Gasteiger partial charge on any atom is 0.256 e. The van der Waals surface area contributed by atoms with E-state index >= 15 is 0 Å². The zero-order valence-electron chi connectivity index (χ0n) is 8.11. The van der Waals surface area contributed by atoms with Crippen LogP contribution in [0, 0.1) is 5.82 Å². The van der Waals surface area contributed by atoms with Gasteiger partial charge < -0.3 is 5.73 Å². The van der Waals surface area contributed by atoms with Crippen molar-refractivity contribution in [3.63, 3.8) is 0 Å². The molecule has 15 heavy (non-hydrogen) atoms. The van der Waals surface area contributed by atoms with Crippen molar-refractivity contribution >= 4 is 11.6 Å². The minimum absolute atomic E-state index is 0.143. The van der Waals surface area contributed by atoms with Gasteiger partial charge in [0.2, 0.25) is 0 Å². The molecule has 1 rings (SSSR count). The third kappa shape index (κ3) is 3.11. The Labute approximate surface area is 91.0 Å². The molecule has 0 aliphatic rings. The molecule has 1 unspecified atom stereocenters. The molecule has 0 bridgehead atoms. The Balaban J connectivity index is 2.90. The summed E-state index contributed by atoms with van der Waals surface area (Å²) >= 11 is 5.53. The minimum Gasteiger partial charge on any atom is -0.320 e. The predicted molar refractivity (Wildman–Crippen MR) is 53.7 cm³/mol. The molecule has 0 radical (unpaired) electrons. The Morgan fingerprint density at radius 3 is 2.53 bits per heavy atom. The largest absolute Gasteiger partial charge is 0.320 e. The number of alkyl halides is 2. The van der Waals surface area contributed by atoms with E-state index in [1.807, 2.05) is 0 Å². The van der Waals surface area contributed by atoms with Crippen LogP contribution in [-0.2, 0) is 6.42 Å². The normalized spacial score (nSPS) is 15.4. The maximum atomic E-state index is 13.3. The molecule has 0 aliphatic heterocycles. The molecule has 1 aromatic carbocycles. The van der Waals surface area contributed by atoms with E-state index in [-0.39, 0.29) is 17.0 Å². The number of rotatable bonds is 3. The van der Waals surface area contributed by atoms with Gasteiger partial charge in [-0.1, -0.05) is 17.7 Å². The Bertz CT molecular complexity index is 353. The lowest BCUT2D eigenvalue weighted by molar-refractivity contribution is 0.0635. The summed E-state index contributed by atoms with van der Waals surface area (Å²) in [5.74, 6) is -0.611. The standard InChI is InChI=1S/C10H11ClF3N/c1-10(15,9(13)14)5-6-2-3-7(11)4-8(6)12/h2-4,9H,5,15H2,1H3. The Morgan fingerprint density at radius 1 is 1.47 bits per heavy atom. The van der Waals surface area contributed by atoms with Crippen LogP contribution in [0.4, 0.5) is 13.2 Å². The molecule has 0 heterocycles. The van der Waals surface area contributed by atoms with Crippen molar-refractivity contribution in [2.24, 2.45) is 5.73 Å². The molecule has 0 saturated heterocycles. The van der Waals surface area contributed by atoms with Gasteiger partial charge in [0, 0.05) is 5.02 Å². The topological polar surface area (TPSA) is 26.0 Å². The number of nitrogens with two attached hydrogens (primary N) is 1. The van der Waals surface area contributed by atoms with Crippen molar-refractivity contribution < 1.29 is 13.2 Å². The average molecular weight is 238 g/mol. The van der Waals surface area contributed by atoms with E-state index in [2.05, 4.69) is 0 Å². The molecule has 0 aromatic heterocycles. The zero-order chi connectivity index (χ0) is 11.6. The first-order valence-electron chi connectivity index (χ1n) is 4.34. The van der Waals surface area contributed by atoms with Gasteiger partial charge in [-0.25, -0.2) is 13.2 Å². The number of hydrogen-bond donors (Lipinski definition) is 1. The average Bonchev–Trinajstić information content (AvgIpc) is 2.09. The third-order valence-electron chi connectivity index (χ3n) is 2.08. The van der Waals surface area contributed by atoms with E-state index in [1.165, 1.54) is 19.1 Å². The van der Waals surface area contributed by atoms with E-state index < -0.39 is 17.8 Å². The van der Waals surface area contributed by atoms with Crippen LogP contribution in [0.5, 0.6) is 0 Å².